The third-order valence-electron chi connectivity index (χ3n) is 3.08. The van der Waals surface area contributed by atoms with E-state index in [2.05, 4.69) is 15.8 Å². The van der Waals surface area contributed by atoms with E-state index >= 15 is 0 Å². The molecule has 0 N–H and O–H groups in total. The molecule has 0 atom stereocenters. The normalized spacial score (nSPS) is 9.76. The number of ether oxygens (including phenoxy) is 1. The summed E-state index contributed by atoms with van der Waals surface area (Å²) in [5, 5.41) is 8.78. The maximum Gasteiger partial charge on any atom is 0.339 e. The van der Waals surface area contributed by atoms with Gasteiger partial charge in [-0.2, -0.15) is 5.26 Å². The van der Waals surface area contributed by atoms with Gasteiger partial charge in [0.05, 0.1) is 36.5 Å². The molecular weight excluding hydrogens is 266 g/mol. The van der Waals surface area contributed by atoms with Crippen LogP contribution in [0.15, 0.2) is 42.6 Å². The number of hydrogen-bond acceptors (Lipinski definition) is 5. The molecule has 1 aromatic carbocycles. The molecule has 0 fully saturated rings. The average Bonchev–Trinajstić information content (AvgIpc) is 2.55. The molecule has 0 aliphatic heterocycles. The summed E-state index contributed by atoms with van der Waals surface area (Å²) in [6, 6.07) is 12.9. The Morgan fingerprint density at radius 2 is 2.00 bits per heavy atom. The molecule has 5 heteroatoms. The molecule has 1 heterocycles. The van der Waals surface area contributed by atoms with E-state index in [9.17, 15) is 4.79 Å². The first-order valence-electron chi connectivity index (χ1n) is 6.38. The van der Waals surface area contributed by atoms with E-state index in [1.54, 1.807) is 24.3 Å². The van der Waals surface area contributed by atoms with E-state index < -0.39 is 5.97 Å². The van der Waals surface area contributed by atoms with Crippen LogP contribution in [0.5, 0.6) is 0 Å². The third-order valence-corrected chi connectivity index (χ3v) is 3.08. The van der Waals surface area contributed by atoms with Crippen molar-refractivity contribution in [3.8, 4) is 6.07 Å². The molecule has 2 rings (SSSR count). The van der Waals surface area contributed by atoms with Crippen molar-refractivity contribution in [1.29, 1.82) is 5.26 Å². The SMILES string of the molecule is COC(=O)c1ccc(CN(C)c2ccc(C#N)cc2)nc1. The number of anilines is 1. The van der Waals surface area contributed by atoms with Crippen molar-refractivity contribution in [2.75, 3.05) is 19.1 Å². The van der Waals surface area contributed by atoms with E-state index in [4.69, 9.17) is 5.26 Å². The van der Waals surface area contributed by atoms with Crippen LogP contribution in [0.4, 0.5) is 5.69 Å². The number of benzene rings is 1. The number of nitrogens with zero attached hydrogens (tertiary/aromatic N) is 3. The first-order chi connectivity index (χ1) is 10.1. The molecule has 0 aliphatic carbocycles. The van der Waals surface area contributed by atoms with Gasteiger partial charge in [-0.3, -0.25) is 4.98 Å². The van der Waals surface area contributed by atoms with Crippen molar-refractivity contribution in [1.82, 2.24) is 4.98 Å². The second kappa shape index (κ2) is 6.53. The molecule has 5 nitrogen and oxygen atoms in total. The summed E-state index contributed by atoms with van der Waals surface area (Å²) >= 11 is 0. The lowest BCUT2D eigenvalue weighted by molar-refractivity contribution is 0.0600. The summed E-state index contributed by atoms with van der Waals surface area (Å²) < 4.78 is 4.63. The zero-order chi connectivity index (χ0) is 15.2. The van der Waals surface area contributed by atoms with Gasteiger partial charge in [-0.15, -0.1) is 0 Å². The number of esters is 1. The molecular formula is C16H15N3O2. The van der Waals surface area contributed by atoms with Gasteiger partial charge in [0.15, 0.2) is 0 Å². The van der Waals surface area contributed by atoms with Crippen molar-refractivity contribution in [2.45, 2.75) is 6.54 Å². The summed E-state index contributed by atoms with van der Waals surface area (Å²) in [7, 11) is 3.28. The molecule has 21 heavy (non-hydrogen) atoms. The van der Waals surface area contributed by atoms with Crippen LogP contribution >= 0.6 is 0 Å². The highest BCUT2D eigenvalue weighted by Gasteiger charge is 2.07. The van der Waals surface area contributed by atoms with E-state index in [1.165, 1.54) is 13.3 Å². The molecule has 0 unspecified atom stereocenters. The van der Waals surface area contributed by atoms with Gasteiger partial charge in [0.25, 0.3) is 0 Å². The highest BCUT2D eigenvalue weighted by Crippen LogP contribution is 2.15. The van der Waals surface area contributed by atoms with Gasteiger partial charge < -0.3 is 9.64 Å². The van der Waals surface area contributed by atoms with E-state index in [0.717, 1.165) is 11.4 Å². The molecule has 0 saturated carbocycles. The Hall–Kier alpha value is -2.87. The van der Waals surface area contributed by atoms with Crippen molar-refractivity contribution in [2.24, 2.45) is 0 Å². The largest absolute Gasteiger partial charge is 0.465 e. The number of aromatic nitrogens is 1. The number of nitriles is 1. The second-order valence-corrected chi connectivity index (χ2v) is 4.54. The fourth-order valence-corrected chi connectivity index (χ4v) is 1.88. The standard InChI is InChI=1S/C16H15N3O2/c1-19(15-7-3-12(9-17)4-8-15)11-14-6-5-13(10-18-14)16(20)21-2/h3-8,10H,11H2,1-2H3. The number of hydrogen-bond donors (Lipinski definition) is 0. The molecule has 106 valence electrons. The average molecular weight is 281 g/mol. The maximum atomic E-state index is 11.3. The van der Waals surface area contributed by atoms with Gasteiger partial charge in [-0.05, 0) is 36.4 Å². The molecule has 0 radical (unpaired) electrons. The lowest BCUT2D eigenvalue weighted by Gasteiger charge is -2.18. The first kappa shape index (κ1) is 14.5. The predicted molar refractivity (Wildman–Crippen MR) is 78.8 cm³/mol. The first-order valence-corrected chi connectivity index (χ1v) is 6.38. The van der Waals surface area contributed by atoms with Gasteiger partial charge >= 0.3 is 5.97 Å². The summed E-state index contributed by atoms with van der Waals surface area (Å²) in [4.78, 5) is 17.6. The van der Waals surface area contributed by atoms with Crippen LogP contribution in [0.3, 0.4) is 0 Å². The molecule has 0 amide bonds. The van der Waals surface area contributed by atoms with Crippen molar-refractivity contribution in [3.63, 3.8) is 0 Å². The second-order valence-electron chi connectivity index (χ2n) is 4.54. The molecule has 0 spiro atoms. The highest BCUT2D eigenvalue weighted by molar-refractivity contribution is 5.88. The van der Waals surface area contributed by atoms with Crippen molar-refractivity contribution >= 4 is 11.7 Å². The lowest BCUT2D eigenvalue weighted by atomic mass is 10.2. The Morgan fingerprint density at radius 1 is 1.29 bits per heavy atom. The van der Waals surface area contributed by atoms with Crippen LogP contribution in [-0.2, 0) is 11.3 Å². The Bertz CT molecular complexity index is 657. The third kappa shape index (κ3) is 3.57. The van der Waals surface area contributed by atoms with Gasteiger partial charge in [0, 0.05) is 18.9 Å². The van der Waals surface area contributed by atoms with Crippen LogP contribution in [0, 0.1) is 11.3 Å². The molecule has 2 aromatic rings. The highest BCUT2D eigenvalue weighted by atomic mass is 16.5. The number of methoxy groups -OCH3 is 1. The Kier molecular flexibility index (Phi) is 4.52. The minimum Gasteiger partial charge on any atom is -0.465 e. The summed E-state index contributed by atoms with van der Waals surface area (Å²) in [6.07, 6.45) is 1.51. The number of carbonyl (C=O) groups excluding carboxylic acids is 1. The summed E-state index contributed by atoms with van der Waals surface area (Å²) in [5.41, 5.74) is 2.90. The molecule has 1 aromatic heterocycles. The van der Waals surface area contributed by atoms with E-state index in [0.29, 0.717) is 17.7 Å². The topological polar surface area (TPSA) is 66.2 Å². The zero-order valence-electron chi connectivity index (χ0n) is 11.9. The summed E-state index contributed by atoms with van der Waals surface area (Å²) in [5.74, 6) is -0.394. The fraction of sp³-hybridized carbons (Fsp3) is 0.188. The van der Waals surface area contributed by atoms with Crippen LogP contribution in [0.2, 0.25) is 0 Å². The van der Waals surface area contributed by atoms with Crippen LogP contribution in [0.25, 0.3) is 0 Å². The number of pyridine rings is 1. The van der Waals surface area contributed by atoms with Crippen molar-refractivity contribution in [3.05, 3.63) is 59.4 Å². The van der Waals surface area contributed by atoms with Gasteiger partial charge in [-0.25, -0.2) is 4.79 Å². The van der Waals surface area contributed by atoms with Gasteiger partial charge in [0.1, 0.15) is 0 Å². The zero-order valence-corrected chi connectivity index (χ0v) is 11.9. The Balaban J connectivity index is 2.06. The number of carbonyl (C=O) groups is 1. The Labute approximate surface area is 123 Å². The van der Waals surface area contributed by atoms with Crippen molar-refractivity contribution < 1.29 is 9.53 Å². The minimum absolute atomic E-state index is 0.394. The smallest absolute Gasteiger partial charge is 0.339 e. The van der Waals surface area contributed by atoms with E-state index in [-0.39, 0.29) is 0 Å². The summed E-state index contributed by atoms with van der Waals surface area (Å²) in [6.45, 7) is 0.605. The molecule has 0 saturated heterocycles. The van der Waals surface area contributed by atoms with Gasteiger partial charge in [-0.1, -0.05) is 0 Å². The van der Waals surface area contributed by atoms with Crippen LogP contribution in [0.1, 0.15) is 21.6 Å². The fourth-order valence-electron chi connectivity index (χ4n) is 1.88. The minimum atomic E-state index is -0.394. The van der Waals surface area contributed by atoms with Crippen LogP contribution < -0.4 is 4.90 Å². The quantitative estimate of drug-likeness (QED) is 0.805. The maximum absolute atomic E-state index is 11.3. The Morgan fingerprint density at radius 3 is 2.52 bits per heavy atom. The molecule has 0 bridgehead atoms. The van der Waals surface area contributed by atoms with Gasteiger partial charge in [0.2, 0.25) is 0 Å². The van der Waals surface area contributed by atoms with E-state index in [1.807, 2.05) is 24.1 Å². The monoisotopic (exact) mass is 281 g/mol. The number of rotatable bonds is 4. The van der Waals surface area contributed by atoms with Crippen LogP contribution in [-0.4, -0.2) is 25.1 Å². The lowest BCUT2D eigenvalue weighted by Crippen LogP contribution is -2.17. The molecule has 0 aliphatic rings. The predicted octanol–water partition coefficient (Wildman–Crippen LogP) is 2.38.